The largest absolute Gasteiger partial charge is 0.353 e. The summed E-state index contributed by atoms with van der Waals surface area (Å²) >= 11 is 3.78. The predicted octanol–water partition coefficient (Wildman–Crippen LogP) is 6.23. The molecule has 4 rings (SSSR count). The zero-order chi connectivity index (χ0) is 20.6. The van der Waals surface area contributed by atoms with Gasteiger partial charge in [-0.2, -0.15) is 0 Å². The highest BCUT2D eigenvalue weighted by Gasteiger charge is 2.19. The van der Waals surface area contributed by atoms with Gasteiger partial charge in [-0.05, 0) is 25.3 Å². The fraction of sp³-hybridized carbons (Fsp3) is 0.280. The van der Waals surface area contributed by atoms with Crippen LogP contribution in [0.15, 0.2) is 84.0 Å². The van der Waals surface area contributed by atoms with E-state index in [0.717, 1.165) is 48.3 Å². The Morgan fingerprint density at radius 2 is 1.70 bits per heavy atom. The molecule has 2 aromatic carbocycles. The van der Waals surface area contributed by atoms with Gasteiger partial charge in [0.15, 0.2) is 12.1 Å². The summed E-state index contributed by atoms with van der Waals surface area (Å²) in [5.41, 5.74) is 4.00. The van der Waals surface area contributed by atoms with Crippen molar-refractivity contribution in [1.29, 1.82) is 0 Å². The van der Waals surface area contributed by atoms with Crippen LogP contribution in [0.25, 0.3) is 0 Å². The van der Waals surface area contributed by atoms with Gasteiger partial charge < -0.3 is 9.47 Å². The Morgan fingerprint density at radius 3 is 2.33 bits per heavy atom. The number of hydrogen-bond acceptors (Lipinski definition) is 4. The first-order chi connectivity index (χ1) is 14.8. The molecule has 0 saturated carbocycles. The third-order valence-corrected chi connectivity index (χ3v) is 5.79. The predicted molar refractivity (Wildman–Crippen MR) is 124 cm³/mol. The van der Waals surface area contributed by atoms with Gasteiger partial charge >= 0.3 is 0 Å². The van der Waals surface area contributed by atoms with Crippen molar-refractivity contribution < 1.29 is 9.47 Å². The Hall–Kier alpha value is -2.34. The molecule has 5 heteroatoms. The summed E-state index contributed by atoms with van der Waals surface area (Å²) in [5.74, 6) is 0.690. The van der Waals surface area contributed by atoms with E-state index < -0.39 is 0 Å². The van der Waals surface area contributed by atoms with E-state index in [2.05, 4.69) is 45.2 Å². The average molecular weight is 465 g/mol. The summed E-state index contributed by atoms with van der Waals surface area (Å²) in [7, 11) is 0. The maximum Gasteiger partial charge on any atom is 0.157 e. The normalized spacial score (nSPS) is 17.3. The molecule has 30 heavy (non-hydrogen) atoms. The lowest BCUT2D eigenvalue weighted by molar-refractivity contribution is -0.161. The smallest absolute Gasteiger partial charge is 0.157 e. The molecular formula is C25H25BrN2O2. The van der Waals surface area contributed by atoms with E-state index in [9.17, 15) is 0 Å². The quantitative estimate of drug-likeness (QED) is 0.307. The van der Waals surface area contributed by atoms with Crippen LogP contribution in [-0.4, -0.2) is 30.2 Å². The highest BCUT2D eigenvalue weighted by Crippen LogP contribution is 2.32. The van der Waals surface area contributed by atoms with E-state index in [-0.39, 0.29) is 11.1 Å². The third kappa shape index (κ3) is 5.42. The van der Waals surface area contributed by atoms with Crippen molar-refractivity contribution in [3.63, 3.8) is 0 Å². The van der Waals surface area contributed by atoms with Crippen LogP contribution in [-0.2, 0) is 9.47 Å². The fourth-order valence-corrected chi connectivity index (χ4v) is 3.98. The molecule has 3 aromatic rings. The number of ether oxygens (including phenoxy) is 2. The maximum atomic E-state index is 5.98. The summed E-state index contributed by atoms with van der Waals surface area (Å²) in [6.45, 7) is 1.28. The highest BCUT2D eigenvalue weighted by molar-refractivity contribution is 9.09. The van der Waals surface area contributed by atoms with Crippen LogP contribution in [0.3, 0.4) is 0 Å². The van der Waals surface area contributed by atoms with Crippen LogP contribution in [0.5, 0.6) is 0 Å². The lowest BCUT2D eigenvalue weighted by atomic mass is 10.0. The molecule has 2 unspecified atom stereocenters. The van der Waals surface area contributed by atoms with Crippen molar-refractivity contribution in [3.05, 3.63) is 95.7 Å². The number of aliphatic imine (C=N–C) groups is 1. The molecule has 0 radical (unpaired) electrons. The van der Waals surface area contributed by atoms with E-state index in [1.165, 1.54) is 0 Å². The number of rotatable bonds is 7. The number of nitrogens with zero attached hydrogens (tertiary/aromatic N) is 2. The average Bonchev–Trinajstić information content (AvgIpc) is 2.83. The monoisotopic (exact) mass is 464 g/mol. The summed E-state index contributed by atoms with van der Waals surface area (Å²) in [5, 5.41) is 0. The molecule has 0 bridgehead atoms. The molecule has 1 saturated heterocycles. The first-order valence-electron chi connectivity index (χ1n) is 10.3. The van der Waals surface area contributed by atoms with E-state index in [0.29, 0.717) is 12.4 Å². The molecule has 0 amide bonds. The molecular weight excluding hydrogens is 440 g/mol. The van der Waals surface area contributed by atoms with Crippen LogP contribution in [0.1, 0.15) is 40.8 Å². The minimum atomic E-state index is -0.119. The highest BCUT2D eigenvalue weighted by atomic mass is 79.9. The standard InChI is InChI=1S/C25H25BrN2O2/c26-22(18-30-23-15-7-8-17-29-23)21-14-9-16-27-25(21)28-24(19-10-3-1-4-11-19)20-12-5-2-6-13-20/h1-6,9-14,16,22-23H,7-8,15,17-18H2. The van der Waals surface area contributed by atoms with Gasteiger partial charge in [-0.1, -0.05) is 82.7 Å². The molecule has 1 aliphatic heterocycles. The number of halogens is 1. The molecule has 1 fully saturated rings. The summed E-state index contributed by atoms with van der Waals surface area (Å²) < 4.78 is 11.7. The fourth-order valence-electron chi connectivity index (χ4n) is 3.47. The third-order valence-electron chi connectivity index (χ3n) is 5.03. The van der Waals surface area contributed by atoms with Crippen LogP contribution >= 0.6 is 15.9 Å². The summed E-state index contributed by atoms with van der Waals surface area (Å²) in [6.07, 6.45) is 4.87. The Morgan fingerprint density at radius 1 is 1.00 bits per heavy atom. The second-order valence-electron chi connectivity index (χ2n) is 7.21. The number of aromatic nitrogens is 1. The van der Waals surface area contributed by atoms with Gasteiger partial charge in [0.05, 0.1) is 17.1 Å². The van der Waals surface area contributed by atoms with Gasteiger partial charge in [-0.25, -0.2) is 9.98 Å². The summed E-state index contributed by atoms with van der Waals surface area (Å²) in [4.78, 5) is 9.56. The molecule has 4 nitrogen and oxygen atoms in total. The van der Waals surface area contributed by atoms with Crippen molar-refractivity contribution >= 4 is 27.5 Å². The van der Waals surface area contributed by atoms with Gasteiger partial charge in [0.25, 0.3) is 0 Å². The lowest BCUT2D eigenvalue weighted by Crippen LogP contribution is -2.23. The summed E-state index contributed by atoms with van der Waals surface area (Å²) in [6, 6.07) is 24.4. The lowest BCUT2D eigenvalue weighted by Gasteiger charge is -2.24. The van der Waals surface area contributed by atoms with Crippen LogP contribution in [0.2, 0.25) is 0 Å². The molecule has 154 valence electrons. The van der Waals surface area contributed by atoms with Crippen molar-refractivity contribution in [2.24, 2.45) is 4.99 Å². The van der Waals surface area contributed by atoms with Gasteiger partial charge in [0, 0.05) is 29.5 Å². The van der Waals surface area contributed by atoms with E-state index in [4.69, 9.17) is 14.5 Å². The number of benzene rings is 2. The second kappa shape index (κ2) is 10.6. The van der Waals surface area contributed by atoms with Gasteiger partial charge in [0.1, 0.15) is 0 Å². The molecule has 0 N–H and O–H groups in total. The van der Waals surface area contributed by atoms with Crippen molar-refractivity contribution in [2.75, 3.05) is 13.2 Å². The number of hydrogen-bond donors (Lipinski definition) is 0. The molecule has 2 heterocycles. The van der Waals surface area contributed by atoms with Crippen molar-refractivity contribution in [1.82, 2.24) is 4.98 Å². The minimum Gasteiger partial charge on any atom is -0.353 e. The Kier molecular flexibility index (Phi) is 7.40. The maximum absolute atomic E-state index is 5.98. The zero-order valence-corrected chi connectivity index (χ0v) is 18.4. The van der Waals surface area contributed by atoms with E-state index >= 15 is 0 Å². The second-order valence-corrected chi connectivity index (χ2v) is 8.31. The van der Waals surface area contributed by atoms with Crippen LogP contribution in [0, 0.1) is 0 Å². The van der Waals surface area contributed by atoms with Gasteiger partial charge in [0.2, 0.25) is 0 Å². The molecule has 1 aliphatic rings. The SMILES string of the molecule is BrC(COC1CCCCO1)c1cccnc1N=C(c1ccccc1)c1ccccc1. The minimum absolute atomic E-state index is 0.0247. The first kappa shape index (κ1) is 20.9. The topological polar surface area (TPSA) is 43.7 Å². The van der Waals surface area contributed by atoms with Crippen LogP contribution in [0.4, 0.5) is 5.82 Å². The van der Waals surface area contributed by atoms with Crippen LogP contribution < -0.4 is 0 Å². The van der Waals surface area contributed by atoms with Crippen molar-refractivity contribution in [3.8, 4) is 0 Å². The van der Waals surface area contributed by atoms with Crippen molar-refractivity contribution in [2.45, 2.75) is 30.4 Å². The Balaban J connectivity index is 1.62. The Bertz CT molecular complexity index is 916. The Labute approximate surface area is 186 Å². The first-order valence-corrected chi connectivity index (χ1v) is 11.2. The molecule has 1 aromatic heterocycles. The number of alkyl halides is 1. The zero-order valence-electron chi connectivity index (χ0n) is 16.8. The van der Waals surface area contributed by atoms with Gasteiger partial charge in [-0.15, -0.1) is 0 Å². The molecule has 0 aliphatic carbocycles. The molecule has 2 atom stereocenters. The van der Waals surface area contributed by atoms with E-state index in [1.54, 1.807) is 6.20 Å². The van der Waals surface area contributed by atoms with Gasteiger partial charge in [-0.3, -0.25) is 0 Å². The van der Waals surface area contributed by atoms with E-state index in [1.807, 2.05) is 48.5 Å². The number of pyridine rings is 1. The molecule has 0 spiro atoms.